The number of nitrogens with one attached hydrogen (secondary N) is 1. The molecule has 0 saturated heterocycles. The van der Waals surface area contributed by atoms with E-state index in [1.807, 2.05) is 0 Å². The molecular weight excluding hydrogens is 174 g/mol. The normalized spacial score (nSPS) is 36.6. The molecule has 4 unspecified atom stereocenters. The molecule has 0 heterocycles. The maximum atomic E-state index is 5.04. The molecule has 1 saturated carbocycles. The SMILES string of the molecule is COCCNC(C)C1CC2C=CC1C2. The van der Waals surface area contributed by atoms with Crippen molar-refractivity contribution in [1.29, 1.82) is 0 Å². The van der Waals surface area contributed by atoms with Crippen LogP contribution >= 0.6 is 0 Å². The summed E-state index contributed by atoms with van der Waals surface area (Å²) in [6.45, 7) is 4.12. The van der Waals surface area contributed by atoms with E-state index in [1.54, 1.807) is 7.11 Å². The summed E-state index contributed by atoms with van der Waals surface area (Å²) in [7, 11) is 1.76. The van der Waals surface area contributed by atoms with Crippen LogP contribution in [-0.4, -0.2) is 26.3 Å². The molecule has 0 aromatic heterocycles. The van der Waals surface area contributed by atoms with E-state index in [9.17, 15) is 0 Å². The van der Waals surface area contributed by atoms with Gasteiger partial charge in [0.15, 0.2) is 0 Å². The van der Waals surface area contributed by atoms with Gasteiger partial charge in [-0.25, -0.2) is 0 Å². The van der Waals surface area contributed by atoms with Crippen molar-refractivity contribution in [2.45, 2.75) is 25.8 Å². The Morgan fingerprint density at radius 3 is 2.86 bits per heavy atom. The van der Waals surface area contributed by atoms with Crippen LogP contribution < -0.4 is 5.32 Å². The third kappa shape index (κ3) is 2.01. The lowest BCUT2D eigenvalue weighted by Crippen LogP contribution is -2.37. The summed E-state index contributed by atoms with van der Waals surface area (Å²) >= 11 is 0. The van der Waals surface area contributed by atoms with Gasteiger partial charge in [0.1, 0.15) is 0 Å². The van der Waals surface area contributed by atoms with Crippen molar-refractivity contribution >= 4 is 0 Å². The second-order valence-electron chi connectivity index (χ2n) is 4.68. The van der Waals surface area contributed by atoms with E-state index >= 15 is 0 Å². The van der Waals surface area contributed by atoms with E-state index in [-0.39, 0.29) is 0 Å². The zero-order chi connectivity index (χ0) is 9.97. The topological polar surface area (TPSA) is 21.3 Å². The zero-order valence-electron chi connectivity index (χ0n) is 9.20. The van der Waals surface area contributed by atoms with E-state index in [1.165, 1.54) is 12.8 Å². The number of hydrogen-bond donors (Lipinski definition) is 1. The molecule has 2 heteroatoms. The van der Waals surface area contributed by atoms with Crippen LogP contribution in [0.25, 0.3) is 0 Å². The van der Waals surface area contributed by atoms with Gasteiger partial charge in [-0.2, -0.15) is 0 Å². The Bertz CT molecular complexity index is 214. The predicted molar refractivity (Wildman–Crippen MR) is 58.2 cm³/mol. The van der Waals surface area contributed by atoms with Gasteiger partial charge < -0.3 is 10.1 Å². The molecule has 2 bridgehead atoms. The molecule has 0 aliphatic heterocycles. The fourth-order valence-electron chi connectivity index (χ4n) is 2.94. The molecule has 80 valence electrons. The van der Waals surface area contributed by atoms with Crippen LogP contribution in [0.2, 0.25) is 0 Å². The van der Waals surface area contributed by atoms with E-state index in [0.29, 0.717) is 6.04 Å². The van der Waals surface area contributed by atoms with Gasteiger partial charge in [0, 0.05) is 19.7 Å². The van der Waals surface area contributed by atoms with Crippen molar-refractivity contribution in [3.63, 3.8) is 0 Å². The monoisotopic (exact) mass is 195 g/mol. The summed E-state index contributed by atoms with van der Waals surface area (Å²) in [5.41, 5.74) is 0. The first-order valence-electron chi connectivity index (χ1n) is 5.72. The number of allylic oxidation sites excluding steroid dienone is 2. The summed E-state index contributed by atoms with van der Waals surface area (Å²) in [6.07, 6.45) is 7.62. The number of methoxy groups -OCH3 is 1. The van der Waals surface area contributed by atoms with Gasteiger partial charge in [-0.3, -0.25) is 0 Å². The summed E-state index contributed by atoms with van der Waals surface area (Å²) in [5.74, 6) is 2.60. The van der Waals surface area contributed by atoms with Crippen molar-refractivity contribution in [2.75, 3.05) is 20.3 Å². The highest BCUT2D eigenvalue weighted by molar-refractivity contribution is 5.11. The summed E-state index contributed by atoms with van der Waals surface area (Å²) in [5, 5.41) is 3.55. The minimum atomic E-state index is 0.644. The summed E-state index contributed by atoms with van der Waals surface area (Å²) < 4.78 is 5.04. The minimum Gasteiger partial charge on any atom is -0.383 e. The molecule has 0 amide bonds. The lowest BCUT2D eigenvalue weighted by molar-refractivity contribution is 0.189. The van der Waals surface area contributed by atoms with Crippen molar-refractivity contribution in [3.05, 3.63) is 12.2 Å². The fourth-order valence-corrected chi connectivity index (χ4v) is 2.94. The lowest BCUT2D eigenvalue weighted by Gasteiger charge is -2.26. The van der Waals surface area contributed by atoms with Crippen LogP contribution in [0.3, 0.4) is 0 Å². The Morgan fingerprint density at radius 2 is 2.29 bits per heavy atom. The quantitative estimate of drug-likeness (QED) is 0.534. The largest absolute Gasteiger partial charge is 0.383 e. The maximum Gasteiger partial charge on any atom is 0.0587 e. The molecule has 2 aliphatic rings. The van der Waals surface area contributed by atoms with Crippen LogP contribution in [0.1, 0.15) is 19.8 Å². The second kappa shape index (κ2) is 4.45. The highest BCUT2D eigenvalue weighted by Crippen LogP contribution is 2.44. The highest BCUT2D eigenvalue weighted by Gasteiger charge is 2.38. The van der Waals surface area contributed by atoms with Crippen LogP contribution in [-0.2, 0) is 4.74 Å². The predicted octanol–water partition coefficient (Wildman–Crippen LogP) is 1.82. The number of fused-ring (bicyclic) bond motifs is 2. The minimum absolute atomic E-state index is 0.644. The van der Waals surface area contributed by atoms with Crippen molar-refractivity contribution in [1.82, 2.24) is 5.32 Å². The first-order valence-corrected chi connectivity index (χ1v) is 5.72. The zero-order valence-corrected chi connectivity index (χ0v) is 9.20. The molecule has 4 atom stereocenters. The molecule has 2 rings (SSSR count). The molecule has 1 N–H and O–H groups in total. The molecule has 0 aromatic rings. The van der Waals surface area contributed by atoms with Gasteiger partial charge in [0.25, 0.3) is 0 Å². The van der Waals surface area contributed by atoms with Crippen molar-refractivity contribution < 1.29 is 4.74 Å². The van der Waals surface area contributed by atoms with E-state index in [0.717, 1.165) is 30.9 Å². The molecule has 0 spiro atoms. The van der Waals surface area contributed by atoms with Gasteiger partial charge in [-0.1, -0.05) is 12.2 Å². The van der Waals surface area contributed by atoms with Crippen molar-refractivity contribution in [3.8, 4) is 0 Å². The Morgan fingerprint density at radius 1 is 1.43 bits per heavy atom. The fraction of sp³-hybridized carbons (Fsp3) is 0.833. The standard InChI is InChI=1S/C12H21NO/c1-9(13-5-6-14-2)12-8-10-3-4-11(12)7-10/h3-4,9-13H,5-8H2,1-2H3. The molecule has 14 heavy (non-hydrogen) atoms. The highest BCUT2D eigenvalue weighted by atomic mass is 16.5. The lowest BCUT2D eigenvalue weighted by atomic mass is 9.87. The van der Waals surface area contributed by atoms with Gasteiger partial charge in [-0.05, 0) is 37.5 Å². The molecule has 1 fully saturated rings. The molecular formula is C12H21NO. The van der Waals surface area contributed by atoms with Gasteiger partial charge in [0.05, 0.1) is 6.61 Å². The van der Waals surface area contributed by atoms with Crippen LogP contribution in [0.15, 0.2) is 12.2 Å². The van der Waals surface area contributed by atoms with Gasteiger partial charge in [-0.15, -0.1) is 0 Å². The Balaban J connectivity index is 1.75. The first kappa shape index (κ1) is 10.2. The molecule has 0 radical (unpaired) electrons. The summed E-state index contributed by atoms with van der Waals surface area (Å²) in [4.78, 5) is 0. The third-order valence-electron chi connectivity index (χ3n) is 3.74. The van der Waals surface area contributed by atoms with E-state index in [4.69, 9.17) is 4.74 Å². The molecule has 2 nitrogen and oxygen atoms in total. The van der Waals surface area contributed by atoms with Gasteiger partial charge in [0.2, 0.25) is 0 Å². The number of rotatable bonds is 5. The first-order chi connectivity index (χ1) is 6.81. The Labute approximate surface area is 86.7 Å². The average Bonchev–Trinajstić information content (AvgIpc) is 2.79. The van der Waals surface area contributed by atoms with Crippen LogP contribution in [0, 0.1) is 17.8 Å². The molecule has 0 aromatic carbocycles. The Kier molecular flexibility index (Phi) is 3.24. The smallest absolute Gasteiger partial charge is 0.0587 e. The second-order valence-corrected chi connectivity index (χ2v) is 4.68. The van der Waals surface area contributed by atoms with E-state index < -0.39 is 0 Å². The van der Waals surface area contributed by atoms with Crippen molar-refractivity contribution in [2.24, 2.45) is 17.8 Å². The molecule has 2 aliphatic carbocycles. The van der Waals surface area contributed by atoms with Gasteiger partial charge >= 0.3 is 0 Å². The maximum absolute atomic E-state index is 5.04. The van der Waals surface area contributed by atoms with E-state index in [2.05, 4.69) is 24.4 Å². The summed E-state index contributed by atoms with van der Waals surface area (Å²) in [6, 6.07) is 0.644. The Hall–Kier alpha value is -0.340. The van der Waals surface area contributed by atoms with Crippen LogP contribution in [0.5, 0.6) is 0 Å². The third-order valence-corrected chi connectivity index (χ3v) is 3.74. The number of ether oxygens (including phenoxy) is 1. The number of hydrogen-bond acceptors (Lipinski definition) is 2. The average molecular weight is 195 g/mol. The van der Waals surface area contributed by atoms with Crippen LogP contribution in [0.4, 0.5) is 0 Å².